The molecular formula is C27H38N2O4-2. The van der Waals surface area contributed by atoms with Crippen LogP contribution in [-0.4, -0.2) is 39.1 Å². The molecule has 182 valence electrons. The fourth-order valence-corrected chi connectivity index (χ4v) is 3.63. The van der Waals surface area contributed by atoms with Gasteiger partial charge in [-0.25, -0.2) is 0 Å². The van der Waals surface area contributed by atoms with Gasteiger partial charge in [-0.1, -0.05) is 39.3 Å². The number of unbranched alkanes of at least 4 members (excludes halogenated alkanes) is 1. The van der Waals surface area contributed by atoms with Crippen LogP contribution < -0.4 is 20.0 Å². The molecule has 0 aliphatic carbocycles. The number of benzene rings is 2. The van der Waals surface area contributed by atoms with Gasteiger partial charge in [-0.05, 0) is 68.0 Å². The van der Waals surface area contributed by atoms with E-state index in [1.807, 2.05) is 51.0 Å². The highest BCUT2D eigenvalue weighted by molar-refractivity contribution is 5.89. The lowest BCUT2D eigenvalue weighted by molar-refractivity contribution is -0.256. The summed E-state index contributed by atoms with van der Waals surface area (Å²) in [5.41, 5.74) is 4.43. The molecule has 2 rings (SSSR count). The highest BCUT2D eigenvalue weighted by atomic mass is 16.4. The minimum Gasteiger partial charge on any atom is -0.545 e. The Hall–Kier alpha value is -3.02. The number of rotatable bonds is 10. The summed E-state index contributed by atoms with van der Waals surface area (Å²) in [4.78, 5) is 26.1. The van der Waals surface area contributed by atoms with Gasteiger partial charge in [0.25, 0.3) is 0 Å². The summed E-state index contributed by atoms with van der Waals surface area (Å²) in [5.74, 6) is -2.00. The van der Waals surface area contributed by atoms with Crippen LogP contribution in [0, 0.1) is 0 Å². The first kappa shape index (κ1) is 28.0. The largest absolute Gasteiger partial charge is 0.545 e. The Labute approximate surface area is 198 Å². The first-order valence-corrected chi connectivity index (χ1v) is 11.7. The van der Waals surface area contributed by atoms with E-state index >= 15 is 0 Å². The smallest absolute Gasteiger partial charge is 0.0718 e. The standard InChI is InChI=1S/C14H21NO2.C13H19NO2/c1-5-15(6-2)11-7-8-12(14(16)17)13(9-11)10(3)4;1-4-5-6-10-9-11(14(2)3)7-8-12(10)13(15)16/h7-10H,5-6H2,1-4H3,(H,16,17);7-9H,4-6H2,1-3H3,(H,15,16)/p-2. The van der Waals surface area contributed by atoms with Crippen molar-refractivity contribution in [2.75, 3.05) is 37.0 Å². The van der Waals surface area contributed by atoms with Crippen molar-refractivity contribution in [3.8, 4) is 0 Å². The van der Waals surface area contributed by atoms with Gasteiger partial charge in [0.2, 0.25) is 0 Å². The Morgan fingerprint density at radius 1 is 0.848 bits per heavy atom. The maximum Gasteiger partial charge on any atom is 0.0718 e. The normalized spacial score (nSPS) is 10.4. The van der Waals surface area contributed by atoms with E-state index in [0.717, 1.165) is 54.9 Å². The van der Waals surface area contributed by atoms with Gasteiger partial charge in [-0.15, -0.1) is 0 Å². The lowest BCUT2D eigenvalue weighted by Gasteiger charge is -2.24. The van der Waals surface area contributed by atoms with Crippen molar-refractivity contribution < 1.29 is 19.8 Å². The number of anilines is 2. The third kappa shape index (κ3) is 8.12. The van der Waals surface area contributed by atoms with Crippen molar-refractivity contribution in [3.63, 3.8) is 0 Å². The van der Waals surface area contributed by atoms with Crippen LogP contribution in [0.4, 0.5) is 11.4 Å². The minimum absolute atomic E-state index is 0.179. The van der Waals surface area contributed by atoms with Crippen molar-refractivity contribution in [3.05, 3.63) is 58.7 Å². The summed E-state index contributed by atoms with van der Waals surface area (Å²) in [6.07, 6.45) is 2.84. The number of hydrogen-bond acceptors (Lipinski definition) is 6. The van der Waals surface area contributed by atoms with Crippen molar-refractivity contribution in [2.45, 2.75) is 59.8 Å². The molecule has 33 heavy (non-hydrogen) atoms. The lowest BCUT2D eigenvalue weighted by atomic mass is 9.96. The first-order valence-electron chi connectivity index (χ1n) is 11.7. The van der Waals surface area contributed by atoms with Crippen molar-refractivity contribution in [1.29, 1.82) is 0 Å². The number of carboxylic acids is 2. The Bertz CT molecular complexity index is 918. The van der Waals surface area contributed by atoms with E-state index in [4.69, 9.17) is 0 Å². The van der Waals surface area contributed by atoms with Gasteiger partial charge in [0.15, 0.2) is 0 Å². The van der Waals surface area contributed by atoms with E-state index < -0.39 is 11.9 Å². The van der Waals surface area contributed by atoms with Crippen LogP contribution in [0.15, 0.2) is 36.4 Å². The molecule has 0 fully saturated rings. The number of carboxylic acid groups (broad SMARTS) is 2. The molecule has 6 nitrogen and oxygen atoms in total. The quantitative estimate of drug-likeness (QED) is 0.546. The molecule has 0 saturated carbocycles. The topological polar surface area (TPSA) is 86.7 Å². The molecule has 0 aliphatic rings. The summed E-state index contributed by atoms with van der Waals surface area (Å²) in [6.45, 7) is 12.1. The fourth-order valence-electron chi connectivity index (χ4n) is 3.63. The van der Waals surface area contributed by atoms with Crippen molar-refractivity contribution >= 4 is 23.3 Å². The van der Waals surface area contributed by atoms with Crippen LogP contribution in [0.1, 0.15) is 85.2 Å². The van der Waals surface area contributed by atoms with Gasteiger partial charge >= 0.3 is 0 Å². The number of carbonyl (C=O) groups excluding carboxylic acids is 2. The zero-order valence-electron chi connectivity index (χ0n) is 21.1. The second-order valence-electron chi connectivity index (χ2n) is 8.51. The molecule has 6 heteroatoms. The molecule has 0 radical (unpaired) electrons. The number of aromatic carboxylic acids is 2. The van der Waals surface area contributed by atoms with Gasteiger partial charge in [0.1, 0.15) is 0 Å². The van der Waals surface area contributed by atoms with Gasteiger partial charge in [0.05, 0.1) is 11.9 Å². The second kappa shape index (κ2) is 13.5. The van der Waals surface area contributed by atoms with Gasteiger partial charge in [-0.3, -0.25) is 0 Å². The zero-order chi connectivity index (χ0) is 25.1. The third-order valence-corrected chi connectivity index (χ3v) is 5.63. The number of nitrogens with zero attached hydrogens (tertiary/aromatic N) is 2. The summed E-state index contributed by atoms with van der Waals surface area (Å²) < 4.78 is 0. The molecule has 0 saturated heterocycles. The first-order chi connectivity index (χ1) is 15.6. The summed E-state index contributed by atoms with van der Waals surface area (Å²) in [7, 11) is 3.88. The van der Waals surface area contributed by atoms with Crippen molar-refractivity contribution in [2.24, 2.45) is 0 Å². The molecule has 0 unspecified atom stereocenters. The van der Waals surface area contributed by atoms with Crippen LogP contribution in [-0.2, 0) is 6.42 Å². The Morgan fingerprint density at radius 2 is 1.39 bits per heavy atom. The van der Waals surface area contributed by atoms with E-state index in [1.165, 1.54) is 0 Å². The minimum atomic E-state index is -1.10. The predicted molar refractivity (Wildman–Crippen MR) is 132 cm³/mol. The van der Waals surface area contributed by atoms with Crippen LogP contribution in [0.2, 0.25) is 0 Å². The molecule has 0 atom stereocenters. The Morgan fingerprint density at radius 3 is 1.85 bits per heavy atom. The summed E-state index contributed by atoms with van der Waals surface area (Å²) in [5, 5.41) is 22.0. The van der Waals surface area contributed by atoms with E-state index in [-0.39, 0.29) is 5.92 Å². The van der Waals surface area contributed by atoms with Gasteiger partial charge in [0, 0.05) is 49.7 Å². The van der Waals surface area contributed by atoms with E-state index in [0.29, 0.717) is 11.1 Å². The molecule has 0 N–H and O–H groups in total. The Balaban J connectivity index is 0.000000331. The molecule has 2 aromatic rings. The molecule has 0 spiro atoms. The van der Waals surface area contributed by atoms with E-state index in [1.54, 1.807) is 18.2 Å². The molecule has 0 bridgehead atoms. The molecular weight excluding hydrogens is 416 g/mol. The average molecular weight is 455 g/mol. The summed E-state index contributed by atoms with van der Waals surface area (Å²) >= 11 is 0. The van der Waals surface area contributed by atoms with Crippen LogP contribution in [0.3, 0.4) is 0 Å². The second-order valence-corrected chi connectivity index (χ2v) is 8.51. The number of aryl methyl sites for hydroxylation is 1. The molecule has 0 amide bonds. The summed E-state index contributed by atoms with van der Waals surface area (Å²) in [6, 6.07) is 10.8. The average Bonchev–Trinajstić information content (AvgIpc) is 2.78. The third-order valence-electron chi connectivity index (χ3n) is 5.63. The highest BCUT2D eigenvalue weighted by Gasteiger charge is 2.11. The van der Waals surface area contributed by atoms with Crippen LogP contribution in [0.25, 0.3) is 0 Å². The monoisotopic (exact) mass is 454 g/mol. The fraction of sp³-hybridized carbons (Fsp3) is 0.481. The SMILES string of the molecule is CCCCc1cc(N(C)C)ccc1C(=O)[O-].CCN(CC)c1ccc(C(=O)[O-])c(C(C)C)c1. The number of hydrogen-bond donors (Lipinski definition) is 0. The maximum absolute atomic E-state index is 11.0. The van der Waals surface area contributed by atoms with E-state index in [2.05, 4.69) is 25.7 Å². The maximum atomic E-state index is 11.0. The molecule has 0 aliphatic heterocycles. The Kier molecular flexibility index (Phi) is 11.5. The van der Waals surface area contributed by atoms with Crippen LogP contribution >= 0.6 is 0 Å². The lowest BCUT2D eigenvalue weighted by Crippen LogP contribution is -2.25. The zero-order valence-corrected chi connectivity index (χ0v) is 21.1. The molecule has 2 aromatic carbocycles. The van der Waals surface area contributed by atoms with Gasteiger partial charge < -0.3 is 29.6 Å². The van der Waals surface area contributed by atoms with Gasteiger partial charge in [-0.2, -0.15) is 0 Å². The van der Waals surface area contributed by atoms with Crippen LogP contribution in [0.5, 0.6) is 0 Å². The van der Waals surface area contributed by atoms with E-state index in [9.17, 15) is 19.8 Å². The molecule has 0 aromatic heterocycles. The number of carbonyl (C=O) groups is 2. The highest BCUT2D eigenvalue weighted by Crippen LogP contribution is 2.25. The van der Waals surface area contributed by atoms with Crippen molar-refractivity contribution in [1.82, 2.24) is 0 Å². The predicted octanol–water partition coefficient (Wildman–Crippen LogP) is 3.48. The molecule has 0 heterocycles.